The van der Waals surface area contributed by atoms with Gasteiger partial charge in [0.1, 0.15) is 34.3 Å². The summed E-state index contributed by atoms with van der Waals surface area (Å²) in [4.78, 5) is 37.1. The molecule has 1 aromatic heterocycles. The van der Waals surface area contributed by atoms with Crippen molar-refractivity contribution in [3.05, 3.63) is 46.6 Å². The molecule has 0 bridgehead atoms. The number of carbonyl (C=O) groups excluding carboxylic acids is 2. The number of benzene rings is 2. The number of hydrogen-bond donors (Lipinski definition) is 4. The highest BCUT2D eigenvalue weighted by atomic mass is 16.7. The second-order valence-corrected chi connectivity index (χ2v) is 8.44. The molecule has 3 aromatic rings. The number of esters is 2. The normalized spacial score (nSPS) is 23.4. The molecule has 1 aliphatic heterocycles. The zero-order valence-corrected chi connectivity index (χ0v) is 19.9. The van der Waals surface area contributed by atoms with E-state index in [-0.39, 0.29) is 33.8 Å². The summed E-state index contributed by atoms with van der Waals surface area (Å²) in [6.07, 6.45) is -6.85. The van der Waals surface area contributed by atoms with Gasteiger partial charge in [-0.2, -0.15) is 0 Å². The van der Waals surface area contributed by atoms with Gasteiger partial charge in [-0.15, -0.1) is 0 Å². The molecule has 4 N–H and O–H groups in total. The van der Waals surface area contributed by atoms with Gasteiger partial charge in [0.2, 0.25) is 23.6 Å². The van der Waals surface area contributed by atoms with E-state index < -0.39 is 59.6 Å². The molecular weight excluding hydrogens is 492 g/mol. The predicted molar refractivity (Wildman–Crippen MR) is 125 cm³/mol. The lowest BCUT2D eigenvalue weighted by Crippen LogP contribution is -2.61. The van der Waals surface area contributed by atoms with Crippen molar-refractivity contribution in [3.8, 4) is 34.3 Å². The third-order valence-corrected chi connectivity index (χ3v) is 5.64. The van der Waals surface area contributed by atoms with E-state index >= 15 is 0 Å². The van der Waals surface area contributed by atoms with E-state index in [9.17, 15) is 34.8 Å². The minimum atomic E-state index is -1.57. The molecule has 0 spiro atoms. The van der Waals surface area contributed by atoms with E-state index in [1.807, 2.05) is 0 Å². The Kier molecular flexibility index (Phi) is 6.96. The van der Waals surface area contributed by atoms with E-state index in [1.54, 1.807) is 0 Å². The van der Waals surface area contributed by atoms with Crippen LogP contribution in [0, 0.1) is 0 Å². The fourth-order valence-electron chi connectivity index (χ4n) is 4.02. The van der Waals surface area contributed by atoms with Gasteiger partial charge in [-0.25, -0.2) is 0 Å². The van der Waals surface area contributed by atoms with E-state index in [1.165, 1.54) is 31.2 Å². The Morgan fingerprint density at radius 1 is 0.919 bits per heavy atom. The molecule has 1 aliphatic rings. The Morgan fingerprint density at radius 2 is 1.54 bits per heavy atom. The molecule has 12 heteroatoms. The van der Waals surface area contributed by atoms with Crippen LogP contribution in [0.4, 0.5) is 0 Å². The van der Waals surface area contributed by atoms with E-state index in [0.717, 1.165) is 26.0 Å². The first-order chi connectivity index (χ1) is 17.5. The first-order valence-corrected chi connectivity index (χ1v) is 11.1. The van der Waals surface area contributed by atoms with Crippen LogP contribution in [0.15, 0.2) is 45.6 Å². The summed E-state index contributed by atoms with van der Waals surface area (Å²) in [7, 11) is 0. The maximum atomic E-state index is 13.6. The quantitative estimate of drug-likeness (QED) is 0.362. The number of rotatable bonds is 5. The maximum Gasteiger partial charge on any atom is 0.303 e. The van der Waals surface area contributed by atoms with Crippen LogP contribution in [-0.2, 0) is 23.8 Å². The zero-order chi connectivity index (χ0) is 27.0. The number of aliphatic hydroxyl groups excluding tert-OH is 1. The molecular formula is C25H24O12. The molecule has 1 saturated heterocycles. The lowest BCUT2D eigenvalue weighted by atomic mass is 9.99. The van der Waals surface area contributed by atoms with Crippen LogP contribution in [0.25, 0.3) is 22.3 Å². The molecule has 1 fully saturated rings. The van der Waals surface area contributed by atoms with Crippen molar-refractivity contribution in [2.45, 2.75) is 51.5 Å². The molecule has 0 saturated carbocycles. The predicted octanol–water partition coefficient (Wildman–Crippen LogP) is 1.92. The molecule has 4 rings (SSSR count). The van der Waals surface area contributed by atoms with Crippen molar-refractivity contribution in [3.63, 3.8) is 0 Å². The Balaban J connectivity index is 1.89. The van der Waals surface area contributed by atoms with Crippen molar-refractivity contribution in [1.29, 1.82) is 0 Å². The van der Waals surface area contributed by atoms with Gasteiger partial charge in [0.05, 0.1) is 6.10 Å². The van der Waals surface area contributed by atoms with Gasteiger partial charge in [0.15, 0.2) is 11.9 Å². The largest absolute Gasteiger partial charge is 0.508 e. The number of hydrogen-bond acceptors (Lipinski definition) is 12. The van der Waals surface area contributed by atoms with Gasteiger partial charge in [-0.1, -0.05) is 0 Å². The Labute approximate surface area is 209 Å². The first kappa shape index (κ1) is 25.8. The summed E-state index contributed by atoms with van der Waals surface area (Å²) >= 11 is 0. The fourth-order valence-corrected chi connectivity index (χ4v) is 4.02. The van der Waals surface area contributed by atoms with Gasteiger partial charge in [0.25, 0.3) is 0 Å². The van der Waals surface area contributed by atoms with Gasteiger partial charge in [0, 0.05) is 31.5 Å². The van der Waals surface area contributed by atoms with E-state index in [4.69, 9.17) is 23.4 Å². The third-order valence-electron chi connectivity index (χ3n) is 5.64. The summed E-state index contributed by atoms with van der Waals surface area (Å²) in [6.45, 7) is 3.65. The molecule has 0 aliphatic carbocycles. The maximum absolute atomic E-state index is 13.6. The lowest BCUT2D eigenvalue weighted by molar-refractivity contribution is -0.277. The van der Waals surface area contributed by atoms with Crippen molar-refractivity contribution < 1.29 is 53.4 Å². The Hall–Kier alpha value is -4.29. The molecule has 0 amide bonds. The second-order valence-electron chi connectivity index (χ2n) is 8.44. The summed E-state index contributed by atoms with van der Waals surface area (Å²) in [6, 6.07) is 7.58. The molecule has 2 aromatic carbocycles. The molecule has 196 valence electrons. The fraction of sp³-hybridized carbons (Fsp3) is 0.320. The number of fused-ring (bicyclic) bond motifs is 1. The topological polar surface area (TPSA) is 182 Å². The monoisotopic (exact) mass is 516 g/mol. The van der Waals surface area contributed by atoms with Gasteiger partial charge in [-0.3, -0.25) is 14.4 Å². The lowest BCUT2D eigenvalue weighted by Gasteiger charge is -2.41. The van der Waals surface area contributed by atoms with Crippen LogP contribution < -0.4 is 10.2 Å². The van der Waals surface area contributed by atoms with Crippen LogP contribution in [0.2, 0.25) is 0 Å². The van der Waals surface area contributed by atoms with Crippen molar-refractivity contribution >= 4 is 22.9 Å². The molecule has 2 heterocycles. The van der Waals surface area contributed by atoms with Crippen molar-refractivity contribution in [1.82, 2.24) is 0 Å². The molecule has 12 nitrogen and oxygen atoms in total. The van der Waals surface area contributed by atoms with Crippen molar-refractivity contribution in [2.24, 2.45) is 0 Å². The number of aromatic hydroxyl groups is 3. The van der Waals surface area contributed by atoms with Crippen LogP contribution in [0.5, 0.6) is 23.0 Å². The number of ether oxygens (including phenoxy) is 4. The minimum absolute atomic E-state index is 0.0674. The van der Waals surface area contributed by atoms with Gasteiger partial charge < -0.3 is 43.8 Å². The molecule has 37 heavy (non-hydrogen) atoms. The standard InChI is InChI=1S/C25H24O12/c1-10-19(31)22(34-11(2)26)24(35-12(3)27)25(33-10)37-23-20(32)18-16(30)8-15(29)9-17(18)36-21(23)13-4-6-14(28)7-5-13/h4-10,19,22,24-25,28-31H,1-3H3/t10-,19-,22-,24+,25-/m0/s1. The highest BCUT2D eigenvalue weighted by Gasteiger charge is 2.49. The van der Waals surface area contributed by atoms with Crippen LogP contribution >= 0.6 is 0 Å². The van der Waals surface area contributed by atoms with Crippen LogP contribution in [0.3, 0.4) is 0 Å². The molecule has 0 radical (unpaired) electrons. The number of phenols is 3. The minimum Gasteiger partial charge on any atom is -0.508 e. The second kappa shape index (κ2) is 9.99. The SMILES string of the molecule is CC(=O)O[C@H]1[C@H](Oc2c(-c3ccc(O)cc3)oc3cc(O)cc(O)c3c2=O)O[C@@H](C)[C@H](O)[C@@H]1OC(C)=O. The Bertz CT molecular complexity index is 1390. The van der Waals surface area contributed by atoms with E-state index in [0.29, 0.717) is 0 Å². The first-order valence-electron chi connectivity index (χ1n) is 11.1. The number of carbonyl (C=O) groups is 2. The highest BCUT2D eigenvalue weighted by molar-refractivity contribution is 5.88. The average molecular weight is 516 g/mol. The zero-order valence-electron chi connectivity index (χ0n) is 19.9. The summed E-state index contributed by atoms with van der Waals surface area (Å²) in [5, 5.41) is 40.2. The summed E-state index contributed by atoms with van der Waals surface area (Å²) in [5.41, 5.74) is -0.769. The number of phenolic OH excluding ortho intramolecular Hbond substituents is 3. The van der Waals surface area contributed by atoms with E-state index in [2.05, 4.69) is 0 Å². The average Bonchev–Trinajstić information content (AvgIpc) is 2.80. The smallest absolute Gasteiger partial charge is 0.303 e. The highest BCUT2D eigenvalue weighted by Crippen LogP contribution is 2.38. The molecule has 5 atom stereocenters. The van der Waals surface area contributed by atoms with Crippen LogP contribution in [0.1, 0.15) is 20.8 Å². The van der Waals surface area contributed by atoms with Crippen molar-refractivity contribution in [2.75, 3.05) is 0 Å². The van der Waals surface area contributed by atoms with Gasteiger partial charge >= 0.3 is 11.9 Å². The Morgan fingerprint density at radius 3 is 2.16 bits per heavy atom. The van der Waals surface area contributed by atoms with Crippen LogP contribution in [-0.4, -0.2) is 63.1 Å². The summed E-state index contributed by atoms with van der Waals surface area (Å²) in [5.74, 6) is -3.25. The molecule has 0 unspecified atom stereocenters. The van der Waals surface area contributed by atoms with Gasteiger partial charge in [-0.05, 0) is 31.2 Å². The number of aliphatic hydroxyl groups is 1. The third kappa shape index (κ3) is 5.15. The summed E-state index contributed by atoms with van der Waals surface area (Å²) < 4.78 is 27.9.